The summed E-state index contributed by atoms with van der Waals surface area (Å²) in [6.07, 6.45) is -0.431. The Morgan fingerprint density at radius 3 is 2.48 bits per heavy atom. The van der Waals surface area contributed by atoms with Crippen LogP contribution in [0.25, 0.3) is 0 Å². The van der Waals surface area contributed by atoms with Gasteiger partial charge in [0.15, 0.2) is 6.10 Å². The van der Waals surface area contributed by atoms with Crippen LogP contribution in [0.2, 0.25) is 0 Å². The average Bonchev–Trinajstić information content (AvgIpc) is 2.46. The highest BCUT2D eigenvalue weighted by Crippen LogP contribution is 2.17. The fraction of sp³-hybridized carbons (Fsp3) is 0.467. The second-order valence-electron chi connectivity index (χ2n) is 4.53. The lowest BCUT2D eigenvalue weighted by Crippen LogP contribution is -2.39. The summed E-state index contributed by atoms with van der Waals surface area (Å²) in [5.74, 6) is 0.138. The van der Waals surface area contributed by atoms with E-state index in [2.05, 4.69) is 15.9 Å². The summed E-state index contributed by atoms with van der Waals surface area (Å²) in [7, 11) is 1.64. The van der Waals surface area contributed by atoms with Crippen molar-refractivity contribution in [3.63, 3.8) is 0 Å². The van der Waals surface area contributed by atoms with Gasteiger partial charge in [-0.15, -0.1) is 0 Å². The molecule has 0 fully saturated rings. The van der Waals surface area contributed by atoms with Crippen molar-refractivity contribution in [3.8, 4) is 5.75 Å². The quantitative estimate of drug-likeness (QED) is 0.704. The molecule has 6 heteroatoms. The van der Waals surface area contributed by atoms with Crippen molar-refractivity contribution in [1.29, 1.82) is 0 Å². The molecule has 0 N–H and O–H groups in total. The van der Waals surface area contributed by atoms with E-state index < -0.39 is 6.10 Å². The monoisotopic (exact) mass is 357 g/mol. The minimum atomic E-state index is -0.613. The number of amides is 1. The molecular formula is C15H20BrNO4. The normalized spacial score (nSPS) is 11.6. The zero-order valence-corrected chi connectivity index (χ0v) is 14.1. The molecule has 0 heterocycles. The van der Waals surface area contributed by atoms with Gasteiger partial charge in [0, 0.05) is 18.1 Å². The van der Waals surface area contributed by atoms with Crippen molar-refractivity contribution in [3.05, 3.63) is 28.7 Å². The van der Waals surface area contributed by atoms with E-state index in [4.69, 9.17) is 9.47 Å². The molecule has 5 nitrogen and oxygen atoms in total. The highest BCUT2D eigenvalue weighted by atomic mass is 79.9. The molecule has 1 aromatic carbocycles. The molecule has 0 aliphatic carbocycles. The van der Waals surface area contributed by atoms with Crippen molar-refractivity contribution in [2.45, 2.75) is 26.4 Å². The van der Waals surface area contributed by atoms with Crippen molar-refractivity contribution < 1.29 is 19.1 Å². The number of ether oxygens (including phenoxy) is 2. The van der Waals surface area contributed by atoms with E-state index in [1.54, 1.807) is 33.0 Å². The SMILES string of the molecule is CCOC(=O)CCN(C)C(=O)C(C)Oc1ccc(Br)cc1. The molecule has 1 atom stereocenters. The summed E-state index contributed by atoms with van der Waals surface area (Å²) >= 11 is 3.34. The minimum absolute atomic E-state index is 0.179. The fourth-order valence-corrected chi connectivity index (χ4v) is 1.94. The number of carbonyl (C=O) groups excluding carboxylic acids is 2. The van der Waals surface area contributed by atoms with Crippen LogP contribution >= 0.6 is 15.9 Å². The molecule has 0 aliphatic rings. The number of likely N-dealkylation sites (N-methyl/N-ethyl adjacent to an activating group) is 1. The molecular weight excluding hydrogens is 338 g/mol. The number of hydrogen-bond donors (Lipinski definition) is 0. The molecule has 0 radical (unpaired) electrons. The first-order chi connectivity index (χ1) is 9.93. The largest absolute Gasteiger partial charge is 0.481 e. The van der Waals surface area contributed by atoms with E-state index in [-0.39, 0.29) is 18.3 Å². The van der Waals surface area contributed by atoms with Gasteiger partial charge in [-0.25, -0.2) is 0 Å². The Morgan fingerprint density at radius 1 is 1.29 bits per heavy atom. The minimum Gasteiger partial charge on any atom is -0.481 e. The fourth-order valence-electron chi connectivity index (χ4n) is 1.68. The maximum absolute atomic E-state index is 12.1. The molecule has 0 aliphatic heterocycles. The summed E-state index contributed by atoms with van der Waals surface area (Å²) in [5.41, 5.74) is 0. The van der Waals surface area contributed by atoms with Gasteiger partial charge in [-0.1, -0.05) is 15.9 Å². The number of benzene rings is 1. The van der Waals surface area contributed by atoms with Crippen LogP contribution in [0.3, 0.4) is 0 Å². The summed E-state index contributed by atoms with van der Waals surface area (Å²) in [6, 6.07) is 7.26. The van der Waals surface area contributed by atoms with Gasteiger partial charge in [0.1, 0.15) is 5.75 Å². The van der Waals surface area contributed by atoms with E-state index in [0.29, 0.717) is 18.9 Å². The summed E-state index contributed by atoms with van der Waals surface area (Å²) in [4.78, 5) is 24.9. The van der Waals surface area contributed by atoms with Gasteiger partial charge in [-0.2, -0.15) is 0 Å². The Hall–Kier alpha value is -1.56. The van der Waals surface area contributed by atoms with Crippen LogP contribution in [-0.4, -0.2) is 43.1 Å². The van der Waals surface area contributed by atoms with Gasteiger partial charge in [0.25, 0.3) is 5.91 Å². The number of rotatable bonds is 7. The lowest BCUT2D eigenvalue weighted by Gasteiger charge is -2.21. The van der Waals surface area contributed by atoms with E-state index in [9.17, 15) is 9.59 Å². The van der Waals surface area contributed by atoms with Crippen LogP contribution in [0.1, 0.15) is 20.3 Å². The summed E-state index contributed by atoms with van der Waals surface area (Å²) in [6.45, 7) is 4.09. The molecule has 1 aromatic rings. The van der Waals surface area contributed by atoms with Crippen LogP contribution in [0.15, 0.2) is 28.7 Å². The lowest BCUT2D eigenvalue weighted by atomic mass is 10.3. The van der Waals surface area contributed by atoms with Crippen molar-refractivity contribution in [2.24, 2.45) is 0 Å². The third-order valence-electron chi connectivity index (χ3n) is 2.81. The summed E-state index contributed by atoms with van der Waals surface area (Å²) < 4.78 is 11.3. The van der Waals surface area contributed by atoms with Gasteiger partial charge in [-0.05, 0) is 38.1 Å². The molecule has 0 spiro atoms. The van der Waals surface area contributed by atoms with Gasteiger partial charge in [-0.3, -0.25) is 9.59 Å². The lowest BCUT2D eigenvalue weighted by molar-refractivity contribution is -0.144. The van der Waals surface area contributed by atoms with Crippen LogP contribution in [0, 0.1) is 0 Å². The van der Waals surface area contributed by atoms with E-state index in [0.717, 1.165) is 4.47 Å². The molecule has 1 unspecified atom stereocenters. The molecule has 116 valence electrons. The number of nitrogens with zero attached hydrogens (tertiary/aromatic N) is 1. The molecule has 0 saturated heterocycles. The highest BCUT2D eigenvalue weighted by molar-refractivity contribution is 9.10. The Labute approximate surface area is 133 Å². The third kappa shape index (κ3) is 6.16. The number of halogens is 1. The van der Waals surface area contributed by atoms with Crippen LogP contribution in [0.5, 0.6) is 5.75 Å². The first kappa shape index (κ1) is 17.5. The predicted molar refractivity (Wildman–Crippen MR) is 83.1 cm³/mol. The second-order valence-corrected chi connectivity index (χ2v) is 5.44. The van der Waals surface area contributed by atoms with E-state index in [1.165, 1.54) is 4.90 Å². The first-order valence-electron chi connectivity index (χ1n) is 6.76. The molecule has 1 amide bonds. The maximum atomic E-state index is 12.1. The maximum Gasteiger partial charge on any atom is 0.307 e. The predicted octanol–water partition coefficient (Wildman–Crippen LogP) is 2.63. The average molecular weight is 358 g/mol. The molecule has 0 aromatic heterocycles. The second kappa shape index (κ2) is 8.67. The topological polar surface area (TPSA) is 55.8 Å². The van der Waals surface area contributed by atoms with E-state index >= 15 is 0 Å². The Kier molecular flexibility index (Phi) is 7.22. The number of carbonyl (C=O) groups is 2. The standard InChI is InChI=1S/C15H20BrNO4/c1-4-20-14(18)9-10-17(3)15(19)11(2)21-13-7-5-12(16)6-8-13/h5-8,11H,4,9-10H2,1-3H3. The van der Waals surface area contributed by atoms with Gasteiger partial charge >= 0.3 is 5.97 Å². The van der Waals surface area contributed by atoms with Crippen molar-refractivity contribution in [1.82, 2.24) is 4.90 Å². The van der Waals surface area contributed by atoms with Crippen LogP contribution in [0.4, 0.5) is 0 Å². The van der Waals surface area contributed by atoms with E-state index in [1.807, 2.05) is 12.1 Å². The zero-order chi connectivity index (χ0) is 15.8. The highest BCUT2D eigenvalue weighted by Gasteiger charge is 2.19. The molecule has 0 saturated carbocycles. The molecule has 1 rings (SSSR count). The number of esters is 1. The van der Waals surface area contributed by atoms with Gasteiger partial charge in [0.2, 0.25) is 0 Å². The van der Waals surface area contributed by atoms with Crippen LogP contribution < -0.4 is 4.74 Å². The summed E-state index contributed by atoms with van der Waals surface area (Å²) in [5, 5.41) is 0. The first-order valence-corrected chi connectivity index (χ1v) is 7.56. The van der Waals surface area contributed by atoms with Crippen molar-refractivity contribution in [2.75, 3.05) is 20.2 Å². The Morgan fingerprint density at radius 2 is 1.90 bits per heavy atom. The van der Waals surface area contributed by atoms with Crippen LogP contribution in [-0.2, 0) is 14.3 Å². The molecule has 21 heavy (non-hydrogen) atoms. The van der Waals surface area contributed by atoms with Gasteiger partial charge < -0.3 is 14.4 Å². The Balaban J connectivity index is 2.45. The van der Waals surface area contributed by atoms with Gasteiger partial charge in [0.05, 0.1) is 13.0 Å². The Bertz CT molecular complexity index is 475. The third-order valence-corrected chi connectivity index (χ3v) is 3.34. The van der Waals surface area contributed by atoms with Crippen molar-refractivity contribution >= 4 is 27.8 Å². The zero-order valence-electron chi connectivity index (χ0n) is 12.5. The number of hydrogen-bond acceptors (Lipinski definition) is 4. The molecule has 0 bridgehead atoms. The smallest absolute Gasteiger partial charge is 0.307 e.